The first kappa shape index (κ1) is 14.7. The molecule has 3 rings (SSSR count). The summed E-state index contributed by atoms with van der Waals surface area (Å²) >= 11 is 1.69. The number of hydrogen-bond acceptors (Lipinski definition) is 4. The second-order valence-corrected chi connectivity index (χ2v) is 6.53. The monoisotopic (exact) mass is 303 g/mol. The molecule has 0 bridgehead atoms. The van der Waals surface area contributed by atoms with Crippen LogP contribution in [0.3, 0.4) is 0 Å². The van der Waals surface area contributed by atoms with Gasteiger partial charge in [-0.25, -0.2) is 0 Å². The van der Waals surface area contributed by atoms with Crippen LogP contribution in [0.25, 0.3) is 0 Å². The number of aliphatic hydroxyl groups is 1. The van der Waals surface area contributed by atoms with Crippen molar-refractivity contribution in [3.63, 3.8) is 0 Å². The SMILES string of the molecule is OC(COCc1cccs1)CN1CCc2ccccc2C1. The number of aliphatic hydroxyl groups excluding tert-OH is 1. The summed E-state index contributed by atoms with van der Waals surface area (Å²) in [5.41, 5.74) is 2.83. The molecule has 0 radical (unpaired) electrons. The number of fused-ring (bicyclic) bond motifs is 1. The molecule has 1 unspecified atom stereocenters. The van der Waals surface area contributed by atoms with Crippen molar-refractivity contribution < 1.29 is 9.84 Å². The van der Waals surface area contributed by atoms with Crippen LogP contribution in [-0.2, 0) is 24.3 Å². The topological polar surface area (TPSA) is 32.7 Å². The third kappa shape index (κ3) is 4.14. The number of β-amino-alcohol motifs (C(OH)–C–C–N with tert-alkyl or cyclic N) is 1. The van der Waals surface area contributed by atoms with Crippen molar-refractivity contribution in [3.05, 3.63) is 57.8 Å². The first-order chi connectivity index (χ1) is 10.3. The normalized spacial score (nSPS) is 16.6. The van der Waals surface area contributed by atoms with E-state index in [1.54, 1.807) is 11.3 Å². The van der Waals surface area contributed by atoms with E-state index in [1.165, 1.54) is 16.0 Å². The van der Waals surface area contributed by atoms with Crippen molar-refractivity contribution >= 4 is 11.3 Å². The molecule has 4 heteroatoms. The average molecular weight is 303 g/mol. The summed E-state index contributed by atoms with van der Waals surface area (Å²) in [7, 11) is 0. The number of benzene rings is 1. The van der Waals surface area contributed by atoms with Crippen molar-refractivity contribution in [3.8, 4) is 0 Å². The average Bonchev–Trinajstić information content (AvgIpc) is 3.00. The molecular weight excluding hydrogens is 282 g/mol. The Labute approximate surface area is 129 Å². The highest BCUT2D eigenvalue weighted by Gasteiger charge is 2.18. The lowest BCUT2D eigenvalue weighted by atomic mass is 10.00. The van der Waals surface area contributed by atoms with Gasteiger partial charge in [-0.05, 0) is 29.0 Å². The van der Waals surface area contributed by atoms with Crippen LogP contribution in [0.4, 0.5) is 0 Å². The quantitative estimate of drug-likeness (QED) is 0.890. The first-order valence-corrected chi connectivity index (χ1v) is 8.26. The number of thiophene rings is 1. The van der Waals surface area contributed by atoms with Gasteiger partial charge in [0.1, 0.15) is 0 Å². The minimum Gasteiger partial charge on any atom is -0.389 e. The second kappa shape index (κ2) is 7.18. The molecule has 1 aromatic carbocycles. The summed E-state index contributed by atoms with van der Waals surface area (Å²) in [4.78, 5) is 3.51. The summed E-state index contributed by atoms with van der Waals surface area (Å²) in [6.07, 6.45) is 0.647. The fourth-order valence-corrected chi connectivity index (χ4v) is 3.39. The van der Waals surface area contributed by atoms with E-state index in [0.717, 1.165) is 19.5 Å². The Hall–Kier alpha value is -1.20. The molecule has 1 N–H and O–H groups in total. The van der Waals surface area contributed by atoms with Crippen molar-refractivity contribution in [2.24, 2.45) is 0 Å². The fraction of sp³-hybridized carbons (Fsp3) is 0.412. The molecule has 0 fully saturated rings. The summed E-state index contributed by atoms with van der Waals surface area (Å²) in [5.74, 6) is 0. The molecule has 0 spiro atoms. The van der Waals surface area contributed by atoms with E-state index in [4.69, 9.17) is 4.74 Å². The van der Waals surface area contributed by atoms with E-state index in [9.17, 15) is 5.11 Å². The molecule has 3 nitrogen and oxygen atoms in total. The lowest BCUT2D eigenvalue weighted by Gasteiger charge is -2.30. The fourth-order valence-electron chi connectivity index (χ4n) is 2.75. The Morgan fingerprint density at radius 3 is 2.86 bits per heavy atom. The van der Waals surface area contributed by atoms with Crippen LogP contribution < -0.4 is 0 Å². The van der Waals surface area contributed by atoms with Crippen LogP contribution >= 0.6 is 11.3 Å². The third-order valence-electron chi connectivity index (χ3n) is 3.81. The standard InChI is InChI=1S/C17H21NO2S/c19-16(12-20-13-17-6-3-9-21-17)11-18-8-7-14-4-1-2-5-15(14)10-18/h1-6,9,16,19H,7-8,10-13H2. The second-order valence-electron chi connectivity index (χ2n) is 5.50. The molecule has 112 valence electrons. The van der Waals surface area contributed by atoms with E-state index in [2.05, 4.69) is 35.2 Å². The van der Waals surface area contributed by atoms with E-state index < -0.39 is 6.10 Å². The van der Waals surface area contributed by atoms with E-state index in [0.29, 0.717) is 19.8 Å². The van der Waals surface area contributed by atoms with Gasteiger partial charge in [0.05, 0.1) is 19.3 Å². The van der Waals surface area contributed by atoms with E-state index in [1.807, 2.05) is 11.4 Å². The molecular formula is C17H21NO2S. The van der Waals surface area contributed by atoms with E-state index in [-0.39, 0.29) is 0 Å². The van der Waals surface area contributed by atoms with Gasteiger partial charge in [0.25, 0.3) is 0 Å². The zero-order valence-electron chi connectivity index (χ0n) is 12.1. The highest BCUT2D eigenvalue weighted by atomic mass is 32.1. The van der Waals surface area contributed by atoms with Gasteiger partial charge in [0.2, 0.25) is 0 Å². The van der Waals surface area contributed by atoms with Crippen LogP contribution in [0.15, 0.2) is 41.8 Å². The molecule has 0 saturated heterocycles. The summed E-state index contributed by atoms with van der Waals surface area (Å²) in [6.45, 7) is 3.61. The van der Waals surface area contributed by atoms with Gasteiger partial charge in [-0.2, -0.15) is 0 Å². The molecule has 1 aliphatic rings. The molecule has 1 aliphatic heterocycles. The predicted molar refractivity (Wildman–Crippen MR) is 85.4 cm³/mol. The van der Waals surface area contributed by atoms with Gasteiger partial charge in [-0.1, -0.05) is 30.3 Å². The molecule has 21 heavy (non-hydrogen) atoms. The Morgan fingerprint density at radius 2 is 2.05 bits per heavy atom. The maximum Gasteiger partial charge on any atom is 0.0900 e. The Balaban J connectivity index is 1.42. The lowest BCUT2D eigenvalue weighted by molar-refractivity contribution is 0.00850. The highest BCUT2D eigenvalue weighted by Crippen LogP contribution is 2.18. The summed E-state index contributed by atoms with van der Waals surface area (Å²) in [6, 6.07) is 12.6. The Kier molecular flexibility index (Phi) is 5.04. The molecule has 2 heterocycles. The summed E-state index contributed by atoms with van der Waals surface area (Å²) in [5, 5.41) is 12.2. The Bertz CT molecular complexity index is 556. The van der Waals surface area contributed by atoms with Crippen molar-refractivity contribution in [2.45, 2.75) is 25.7 Å². The van der Waals surface area contributed by atoms with Crippen molar-refractivity contribution in [1.82, 2.24) is 4.90 Å². The molecule has 1 aromatic heterocycles. The van der Waals surface area contributed by atoms with Crippen LogP contribution in [0, 0.1) is 0 Å². The minimum absolute atomic E-state index is 0.399. The predicted octanol–water partition coefficient (Wildman–Crippen LogP) is 2.68. The van der Waals surface area contributed by atoms with Gasteiger partial charge in [-0.3, -0.25) is 4.90 Å². The molecule has 1 atom stereocenters. The smallest absolute Gasteiger partial charge is 0.0900 e. The first-order valence-electron chi connectivity index (χ1n) is 7.38. The third-order valence-corrected chi connectivity index (χ3v) is 4.66. The van der Waals surface area contributed by atoms with Gasteiger partial charge in [0.15, 0.2) is 0 Å². The van der Waals surface area contributed by atoms with Gasteiger partial charge in [-0.15, -0.1) is 11.3 Å². The van der Waals surface area contributed by atoms with Crippen LogP contribution in [0.1, 0.15) is 16.0 Å². The largest absolute Gasteiger partial charge is 0.389 e. The molecule has 0 saturated carbocycles. The number of nitrogens with zero attached hydrogens (tertiary/aromatic N) is 1. The lowest BCUT2D eigenvalue weighted by Crippen LogP contribution is -2.38. The number of hydrogen-bond donors (Lipinski definition) is 1. The number of rotatable bonds is 6. The highest BCUT2D eigenvalue weighted by molar-refractivity contribution is 7.09. The summed E-state index contributed by atoms with van der Waals surface area (Å²) < 4.78 is 5.58. The van der Waals surface area contributed by atoms with Crippen LogP contribution in [0.5, 0.6) is 0 Å². The molecule has 0 amide bonds. The van der Waals surface area contributed by atoms with Crippen molar-refractivity contribution in [2.75, 3.05) is 19.7 Å². The van der Waals surface area contributed by atoms with Gasteiger partial charge >= 0.3 is 0 Å². The minimum atomic E-state index is -0.421. The van der Waals surface area contributed by atoms with Gasteiger partial charge < -0.3 is 9.84 Å². The van der Waals surface area contributed by atoms with E-state index >= 15 is 0 Å². The Morgan fingerprint density at radius 1 is 1.19 bits per heavy atom. The van der Waals surface area contributed by atoms with Crippen LogP contribution in [0.2, 0.25) is 0 Å². The molecule has 2 aromatic rings. The van der Waals surface area contributed by atoms with Gasteiger partial charge in [0, 0.05) is 24.5 Å². The maximum absolute atomic E-state index is 10.1. The van der Waals surface area contributed by atoms with Crippen molar-refractivity contribution in [1.29, 1.82) is 0 Å². The zero-order valence-corrected chi connectivity index (χ0v) is 12.9. The zero-order chi connectivity index (χ0) is 14.5. The van der Waals surface area contributed by atoms with Crippen LogP contribution in [-0.4, -0.2) is 35.8 Å². The maximum atomic E-state index is 10.1. The molecule has 0 aliphatic carbocycles. The number of ether oxygens (including phenoxy) is 1.